The Morgan fingerprint density at radius 2 is 0.585 bits per heavy atom. The van der Waals surface area contributed by atoms with Gasteiger partial charge in [0.2, 0.25) is 0 Å². The molecule has 1 unspecified atom stereocenters. The lowest BCUT2D eigenvalue weighted by Crippen LogP contribution is -2.15. The van der Waals surface area contributed by atoms with Crippen molar-refractivity contribution in [1.29, 1.82) is 0 Å². The molecule has 0 amide bonds. The summed E-state index contributed by atoms with van der Waals surface area (Å²) < 4.78 is 2.12. The molecule has 41 heavy (non-hydrogen) atoms. The number of halogens is 2. The van der Waals surface area contributed by atoms with E-state index in [1.54, 1.807) is 0 Å². The van der Waals surface area contributed by atoms with Crippen LogP contribution in [0.25, 0.3) is 0 Å². The molecule has 6 aromatic rings. The van der Waals surface area contributed by atoms with Gasteiger partial charge in [-0.3, -0.25) is 0 Å². The molecule has 6 rings (SSSR count). The molecule has 3 heteroatoms. The number of benzene rings is 6. The molecule has 0 heterocycles. The van der Waals surface area contributed by atoms with Crippen LogP contribution in [0.15, 0.2) is 173 Å². The van der Waals surface area contributed by atoms with Gasteiger partial charge in [-0.05, 0) is 82.9 Å². The third-order valence-corrected chi connectivity index (χ3v) is 8.55. The molecule has 0 aliphatic carbocycles. The summed E-state index contributed by atoms with van der Waals surface area (Å²) in [6.45, 7) is 0. The second-order valence-electron chi connectivity index (χ2n) is 10.1. The molecule has 1 atom stereocenters. The zero-order valence-corrected chi connectivity index (χ0v) is 25.6. The lowest BCUT2D eigenvalue weighted by atomic mass is 9.74. The van der Waals surface area contributed by atoms with Gasteiger partial charge >= 0.3 is 0 Å². The highest BCUT2D eigenvalue weighted by Gasteiger charge is 2.28. The molecule has 0 aliphatic rings. The Morgan fingerprint density at radius 1 is 0.317 bits per heavy atom. The standard InChI is InChI=1S/C38H29Br2N/c39-32-18-24-35(25-19-32)41(36-26-20-33(40)21-27-36)34-22-16-31(17-23-34)38(30-14-8-3-9-15-30)37(28-10-4-1-5-11-28)29-12-6-2-7-13-29/h1-27,37-38H. The Labute approximate surface area is 259 Å². The van der Waals surface area contributed by atoms with Crippen LogP contribution in [-0.4, -0.2) is 0 Å². The minimum Gasteiger partial charge on any atom is -0.311 e. The summed E-state index contributed by atoms with van der Waals surface area (Å²) in [5, 5.41) is 0. The van der Waals surface area contributed by atoms with Gasteiger partial charge in [-0.25, -0.2) is 0 Å². The number of hydrogen-bond acceptors (Lipinski definition) is 1. The summed E-state index contributed by atoms with van der Waals surface area (Å²) in [7, 11) is 0. The minimum atomic E-state index is 0.142. The Kier molecular flexibility index (Phi) is 8.46. The van der Waals surface area contributed by atoms with Gasteiger partial charge in [-0.1, -0.05) is 135 Å². The van der Waals surface area contributed by atoms with Crippen LogP contribution in [0.2, 0.25) is 0 Å². The van der Waals surface area contributed by atoms with Gasteiger partial charge in [-0.15, -0.1) is 0 Å². The van der Waals surface area contributed by atoms with Crippen LogP contribution in [0.1, 0.15) is 34.1 Å². The highest BCUT2D eigenvalue weighted by atomic mass is 79.9. The first-order valence-corrected chi connectivity index (χ1v) is 15.3. The molecular formula is C38H29Br2N. The van der Waals surface area contributed by atoms with Crippen molar-refractivity contribution in [2.24, 2.45) is 0 Å². The SMILES string of the molecule is Brc1ccc(N(c2ccc(Br)cc2)c2ccc(C(c3ccccc3)C(c3ccccc3)c3ccccc3)cc2)cc1. The van der Waals surface area contributed by atoms with Crippen molar-refractivity contribution in [3.8, 4) is 0 Å². The zero-order chi connectivity index (χ0) is 28.0. The first kappa shape index (κ1) is 27.3. The molecule has 0 saturated heterocycles. The zero-order valence-electron chi connectivity index (χ0n) is 22.4. The molecule has 200 valence electrons. The van der Waals surface area contributed by atoms with Crippen molar-refractivity contribution in [3.05, 3.63) is 195 Å². The van der Waals surface area contributed by atoms with Gasteiger partial charge in [0, 0.05) is 37.8 Å². The largest absolute Gasteiger partial charge is 0.311 e. The Bertz CT molecular complexity index is 1580. The smallest absolute Gasteiger partial charge is 0.0462 e. The van der Waals surface area contributed by atoms with Crippen LogP contribution >= 0.6 is 31.9 Å². The summed E-state index contributed by atoms with van der Waals surface area (Å²) in [5.74, 6) is 0.309. The molecule has 0 aliphatic heterocycles. The first-order chi connectivity index (χ1) is 20.2. The van der Waals surface area contributed by atoms with Crippen LogP contribution in [0.5, 0.6) is 0 Å². The van der Waals surface area contributed by atoms with E-state index in [9.17, 15) is 0 Å². The van der Waals surface area contributed by atoms with Gasteiger partial charge in [0.1, 0.15) is 0 Å². The van der Waals surface area contributed by atoms with E-state index in [0.29, 0.717) is 0 Å². The highest BCUT2D eigenvalue weighted by Crippen LogP contribution is 2.44. The van der Waals surface area contributed by atoms with E-state index in [1.165, 1.54) is 22.3 Å². The van der Waals surface area contributed by atoms with E-state index in [1.807, 2.05) is 0 Å². The van der Waals surface area contributed by atoms with Crippen LogP contribution in [-0.2, 0) is 0 Å². The monoisotopic (exact) mass is 657 g/mol. The summed E-state index contributed by atoms with van der Waals surface area (Å²) in [6, 6.07) is 58.7. The third kappa shape index (κ3) is 6.22. The van der Waals surface area contributed by atoms with Gasteiger partial charge in [-0.2, -0.15) is 0 Å². The van der Waals surface area contributed by atoms with E-state index < -0.39 is 0 Å². The lowest BCUT2D eigenvalue weighted by Gasteiger charge is -2.30. The number of rotatable bonds is 8. The summed E-state index contributed by atoms with van der Waals surface area (Å²) in [5.41, 5.74) is 8.52. The van der Waals surface area contributed by atoms with Crippen LogP contribution < -0.4 is 4.90 Å². The Morgan fingerprint density at radius 3 is 0.902 bits per heavy atom. The fourth-order valence-corrected chi connectivity index (χ4v) is 6.12. The van der Waals surface area contributed by atoms with Gasteiger partial charge < -0.3 is 4.90 Å². The van der Waals surface area contributed by atoms with Gasteiger partial charge in [0.25, 0.3) is 0 Å². The molecule has 0 bridgehead atoms. The minimum absolute atomic E-state index is 0.142. The molecule has 0 radical (unpaired) electrons. The molecule has 6 aromatic carbocycles. The fourth-order valence-electron chi connectivity index (χ4n) is 5.59. The summed E-state index contributed by atoms with van der Waals surface area (Å²) >= 11 is 7.18. The number of nitrogens with zero attached hydrogens (tertiary/aromatic N) is 1. The molecular weight excluding hydrogens is 630 g/mol. The second-order valence-corrected chi connectivity index (χ2v) is 11.9. The van der Waals surface area contributed by atoms with Crippen molar-refractivity contribution < 1.29 is 0 Å². The average Bonchev–Trinajstić information content (AvgIpc) is 3.03. The van der Waals surface area contributed by atoms with Crippen molar-refractivity contribution in [3.63, 3.8) is 0 Å². The third-order valence-electron chi connectivity index (χ3n) is 7.49. The molecule has 1 nitrogen and oxygen atoms in total. The van der Waals surface area contributed by atoms with Crippen molar-refractivity contribution in [1.82, 2.24) is 0 Å². The van der Waals surface area contributed by atoms with Crippen molar-refractivity contribution in [2.75, 3.05) is 4.90 Å². The number of anilines is 3. The molecule has 0 aromatic heterocycles. The van der Waals surface area contributed by atoms with Crippen LogP contribution in [0.3, 0.4) is 0 Å². The molecule has 0 saturated carbocycles. The molecule has 0 N–H and O–H groups in total. The molecule has 0 fully saturated rings. The quantitative estimate of drug-likeness (QED) is 0.157. The molecule has 0 spiro atoms. The maximum atomic E-state index is 3.59. The van der Waals surface area contributed by atoms with Crippen LogP contribution in [0, 0.1) is 0 Å². The highest BCUT2D eigenvalue weighted by molar-refractivity contribution is 9.10. The average molecular weight is 659 g/mol. The van der Waals surface area contributed by atoms with E-state index >= 15 is 0 Å². The maximum Gasteiger partial charge on any atom is 0.0462 e. The Balaban J connectivity index is 1.47. The predicted molar refractivity (Wildman–Crippen MR) is 180 cm³/mol. The maximum absolute atomic E-state index is 3.59. The number of hydrogen-bond donors (Lipinski definition) is 0. The fraction of sp³-hybridized carbons (Fsp3) is 0.0526. The van der Waals surface area contributed by atoms with Crippen LogP contribution in [0.4, 0.5) is 17.1 Å². The predicted octanol–water partition coefficient (Wildman–Crippen LogP) is 11.6. The van der Waals surface area contributed by atoms with E-state index in [4.69, 9.17) is 0 Å². The summed E-state index contributed by atoms with van der Waals surface area (Å²) in [4.78, 5) is 2.30. The van der Waals surface area contributed by atoms with E-state index in [0.717, 1.165) is 26.0 Å². The Hall–Kier alpha value is -3.92. The topological polar surface area (TPSA) is 3.24 Å². The lowest BCUT2D eigenvalue weighted by molar-refractivity contribution is 0.694. The van der Waals surface area contributed by atoms with E-state index in [-0.39, 0.29) is 11.8 Å². The van der Waals surface area contributed by atoms with E-state index in [2.05, 4.69) is 201 Å². The van der Waals surface area contributed by atoms with Gasteiger partial charge in [0.15, 0.2) is 0 Å². The summed E-state index contributed by atoms with van der Waals surface area (Å²) in [6.07, 6.45) is 0. The van der Waals surface area contributed by atoms with Gasteiger partial charge in [0.05, 0.1) is 0 Å². The second kappa shape index (κ2) is 12.7. The first-order valence-electron chi connectivity index (χ1n) is 13.7. The normalized spacial score (nSPS) is 11.8. The van der Waals surface area contributed by atoms with Crippen molar-refractivity contribution in [2.45, 2.75) is 11.8 Å². The van der Waals surface area contributed by atoms with Crippen molar-refractivity contribution >= 4 is 48.9 Å².